The highest BCUT2D eigenvalue weighted by atomic mass is 35.5. The lowest BCUT2D eigenvalue weighted by Crippen LogP contribution is -2.15. The predicted octanol–water partition coefficient (Wildman–Crippen LogP) is 3.45. The molecule has 0 unspecified atom stereocenters. The van der Waals surface area contributed by atoms with Crippen LogP contribution in [-0.4, -0.2) is 7.11 Å². The van der Waals surface area contributed by atoms with Crippen molar-refractivity contribution in [2.45, 2.75) is 13.1 Å². The Balaban J connectivity index is 1.99. The maximum absolute atomic E-state index is 6.09. The second-order valence-electron chi connectivity index (χ2n) is 4.66. The number of methoxy groups -OCH3 is 1. The highest BCUT2D eigenvalue weighted by Gasteiger charge is 2.23. The Labute approximate surface area is 117 Å². The van der Waals surface area contributed by atoms with Crippen molar-refractivity contribution >= 4 is 23.0 Å². The third-order valence-corrected chi connectivity index (χ3v) is 3.74. The van der Waals surface area contributed by atoms with Gasteiger partial charge < -0.3 is 15.4 Å². The van der Waals surface area contributed by atoms with E-state index in [1.54, 1.807) is 7.11 Å². The molecule has 0 saturated carbocycles. The topological polar surface area (TPSA) is 38.5 Å². The van der Waals surface area contributed by atoms with Crippen molar-refractivity contribution in [3.05, 3.63) is 52.5 Å². The highest BCUT2D eigenvalue weighted by Crippen LogP contribution is 2.37. The lowest BCUT2D eigenvalue weighted by Gasteiger charge is -2.20. The number of nitrogens with two attached hydrogens (primary N) is 1. The summed E-state index contributed by atoms with van der Waals surface area (Å²) >= 11 is 6.09. The summed E-state index contributed by atoms with van der Waals surface area (Å²) in [5.74, 6) is 0.829. The number of hydrogen-bond donors (Lipinski definition) is 1. The van der Waals surface area contributed by atoms with E-state index in [1.165, 1.54) is 11.1 Å². The Bertz CT molecular complexity index is 628. The second-order valence-corrected chi connectivity index (χ2v) is 5.09. The lowest BCUT2D eigenvalue weighted by atomic mass is 10.1. The molecule has 0 bridgehead atoms. The summed E-state index contributed by atoms with van der Waals surface area (Å²) in [6, 6.07) is 11.7. The summed E-state index contributed by atoms with van der Waals surface area (Å²) in [6.45, 7) is 1.62. The summed E-state index contributed by atoms with van der Waals surface area (Å²) in [5, 5.41) is 0.708. The third kappa shape index (κ3) is 2.10. The number of nitrogens with zero attached hydrogens (tertiary/aromatic N) is 1. The first-order valence-corrected chi connectivity index (χ1v) is 6.51. The summed E-state index contributed by atoms with van der Waals surface area (Å²) in [4.78, 5) is 2.23. The predicted molar refractivity (Wildman–Crippen MR) is 78.7 cm³/mol. The highest BCUT2D eigenvalue weighted by molar-refractivity contribution is 6.30. The molecule has 0 fully saturated rings. The van der Waals surface area contributed by atoms with Crippen molar-refractivity contribution in [3.8, 4) is 5.75 Å². The molecule has 3 rings (SSSR count). The molecule has 2 aromatic carbocycles. The van der Waals surface area contributed by atoms with Crippen LogP contribution < -0.4 is 15.4 Å². The van der Waals surface area contributed by atoms with Crippen molar-refractivity contribution in [2.75, 3.05) is 17.7 Å². The van der Waals surface area contributed by atoms with Gasteiger partial charge in [0.25, 0.3) is 0 Å². The number of rotatable bonds is 2. The number of anilines is 2. The van der Waals surface area contributed by atoms with Crippen molar-refractivity contribution in [1.29, 1.82) is 0 Å². The Kier molecular flexibility index (Phi) is 2.99. The van der Waals surface area contributed by atoms with Crippen LogP contribution in [0.2, 0.25) is 5.02 Å². The fourth-order valence-corrected chi connectivity index (χ4v) is 2.69. The molecule has 0 amide bonds. The van der Waals surface area contributed by atoms with Gasteiger partial charge in [-0.1, -0.05) is 23.7 Å². The Morgan fingerprint density at radius 2 is 2.05 bits per heavy atom. The number of ether oxygens (including phenoxy) is 1. The minimum Gasteiger partial charge on any atom is -0.495 e. The van der Waals surface area contributed by atoms with E-state index in [-0.39, 0.29) is 0 Å². The Morgan fingerprint density at radius 1 is 1.21 bits per heavy atom. The van der Waals surface area contributed by atoms with E-state index in [2.05, 4.69) is 11.0 Å². The van der Waals surface area contributed by atoms with Crippen LogP contribution in [0, 0.1) is 0 Å². The summed E-state index contributed by atoms with van der Waals surface area (Å²) in [6.07, 6.45) is 0. The largest absolute Gasteiger partial charge is 0.495 e. The zero-order valence-electron chi connectivity index (χ0n) is 10.7. The van der Waals surface area contributed by atoms with E-state index in [0.29, 0.717) is 5.02 Å². The van der Waals surface area contributed by atoms with Crippen LogP contribution in [0.3, 0.4) is 0 Å². The van der Waals surface area contributed by atoms with E-state index < -0.39 is 0 Å². The van der Waals surface area contributed by atoms with Gasteiger partial charge in [-0.3, -0.25) is 0 Å². The smallest absolute Gasteiger partial charge is 0.142 e. The quantitative estimate of drug-likeness (QED) is 0.853. The van der Waals surface area contributed by atoms with Gasteiger partial charge in [0, 0.05) is 23.8 Å². The van der Waals surface area contributed by atoms with E-state index in [4.69, 9.17) is 22.1 Å². The summed E-state index contributed by atoms with van der Waals surface area (Å²) in [5.41, 5.74) is 10.3. The zero-order valence-corrected chi connectivity index (χ0v) is 11.4. The molecule has 3 nitrogen and oxygen atoms in total. The molecule has 98 valence electrons. The first-order chi connectivity index (χ1) is 9.19. The molecular formula is C15H15ClN2O. The van der Waals surface area contributed by atoms with Crippen molar-refractivity contribution in [3.63, 3.8) is 0 Å². The fourth-order valence-electron chi connectivity index (χ4n) is 2.53. The van der Waals surface area contributed by atoms with Gasteiger partial charge in [-0.25, -0.2) is 0 Å². The van der Waals surface area contributed by atoms with Gasteiger partial charge in [0.2, 0.25) is 0 Å². The van der Waals surface area contributed by atoms with Gasteiger partial charge >= 0.3 is 0 Å². The third-order valence-electron chi connectivity index (χ3n) is 3.50. The molecule has 0 radical (unpaired) electrons. The maximum atomic E-state index is 6.09. The normalized spacial score (nSPS) is 13.5. The van der Waals surface area contributed by atoms with Crippen LogP contribution in [0.25, 0.3) is 0 Å². The zero-order chi connectivity index (χ0) is 13.4. The molecule has 4 heteroatoms. The molecule has 19 heavy (non-hydrogen) atoms. The fraction of sp³-hybridized carbons (Fsp3) is 0.200. The molecule has 0 aliphatic carbocycles. The molecule has 0 aromatic heterocycles. The molecule has 0 spiro atoms. The lowest BCUT2D eigenvalue weighted by molar-refractivity contribution is 0.414. The van der Waals surface area contributed by atoms with Crippen molar-refractivity contribution < 1.29 is 4.74 Å². The van der Waals surface area contributed by atoms with Gasteiger partial charge in [-0.15, -0.1) is 0 Å². The average molecular weight is 275 g/mol. The number of benzene rings is 2. The minimum atomic E-state index is 0.708. The van der Waals surface area contributed by atoms with Crippen molar-refractivity contribution in [1.82, 2.24) is 0 Å². The molecule has 1 aliphatic rings. The summed E-state index contributed by atoms with van der Waals surface area (Å²) < 4.78 is 5.41. The molecule has 2 N–H and O–H groups in total. The molecule has 0 saturated heterocycles. The van der Waals surface area contributed by atoms with E-state index in [0.717, 1.165) is 30.2 Å². The van der Waals surface area contributed by atoms with Crippen LogP contribution in [0.1, 0.15) is 11.1 Å². The molecular weight excluding hydrogens is 260 g/mol. The van der Waals surface area contributed by atoms with Crippen molar-refractivity contribution in [2.24, 2.45) is 0 Å². The van der Waals surface area contributed by atoms with Crippen LogP contribution >= 0.6 is 11.6 Å². The molecule has 2 aromatic rings. The van der Waals surface area contributed by atoms with Gasteiger partial charge in [0.15, 0.2) is 0 Å². The average Bonchev–Trinajstić information content (AvgIpc) is 2.84. The van der Waals surface area contributed by atoms with Gasteiger partial charge in [0.1, 0.15) is 5.75 Å². The SMILES string of the molecule is COc1ccc(Cl)cc1N1Cc2cccc(N)c2C1. The minimum absolute atomic E-state index is 0.708. The standard InChI is InChI=1S/C15H15ClN2O/c1-19-15-6-5-11(16)7-14(15)18-8-10-3-2-4-13(17)12(10)9-18/h2-7H,8-9,17H2,1H3. The Morgan fingerprint density at radius 3 is 2.79 bits per heavy atom. The molecule has 0 atom stereocenters. The Hall–Kier alpha value is -1.87. The molecule has 1 aliphatic heterocycles. The first-order valence-electron chi connectivity index (χ1n) is 6.14. The van der Waals surface area contributed by atoms with Crippen LogP contribution in [0.4, 0.5) is 11.4 Å². The number of fused-ring (bicyclic) bond motifs is 1. The van der Waals surface area contributed by atoms with Crippen LogP contribution in [0.5, 0.6) is 5.75 Å². The monoisotopic (exact) mass is 274 g/mol. The van der Waals surface area contributed by atoms with Gasteiger partial charge in [-0.05, 0) is 35.4 Å². The first kappa shape index (κ1) is 12.2. The number of hydrogen-bond acceptors (Lipinski definition) is 3. The summed E-state index contributed by atoms with van der Waals surface area (Å²) in [7, 11) is 1.67. The van der Waals surface area contributed by atoms with E-state index >= 15 is 0 Å². The maximum Gasteiger partial charge on any atom is 0.142 e. The molecule has 1 heterocycles. The van der Waals surface area contributed by atoms with Gasteiger partial charge in [-0.2, -0.15) is 0 Å². The van der Waals surface area contributed by atoms with Gasteiger partial charge in [0.05, 0.1) is 12.8 Å². The number of nitrogen functional groups attached to an aromatic ring is 1. The van der Waals surface area contributed by atoms with E-state index in [9.17, 15) is 0 Å². The second kappa shape index (κ2) is 4.67. The van der Waals surface area contributed by atoms with Crippen LogP contribution in [-0.2, 0) is 13.1 Å². The number of halogens is 1. The van der Waals surface area contributed by atoms with E-state index in [1.807, 2.05) is 30.3 Å². The van der Waals surface area contributed by atoms with Crippen LogP contribution in [0.15, 0.2) is 36.4 Å².